The molecular formula is C17H19BrIN3. The van der Waals surface area contributed by atoms with Crippen molar-refractivity contribution in [2.45, 2.75) is 25.8 Å². The minimum atomic E-state index is 0. The highest BCUT2D eigenvalue weighted by Crippen LogP contribution is 2.24. The van der Waals surface area contributed by atoms with Gasteiger partial charge in [0.2, 0.25) is 0 Å². The number of nitrogens with one attached hydrogen (secondary N) is 1. The van der Waals surface area contributed by atoms with E-state index in [1.165, 1.54) is 30.4 Å². The molecule has 0 aliphatic heterocycles. The highest BCUT2D eigenvalue weighted by Gasteiger charge is 2.10. The molecule has 0 saturated carbocycles. The van der Waals surface area contributed by atoms with E-state index >= 15 is 0 Å². The number of benzene rings is 2. The molecule has 0 amide bonds. The molecule has 2 aromatic rings. The van der Waals surface area contributed by atoms with E-state index in [0.29, 0.717) is 12.5 Å². The quantitative estimate of drug-likeness (QED) is 0.394. The lowest BCUT2D eigenvalue weighted by molar-refractivity contribution is 0.912. The van der Waals surface area contributed by atoms with E-state index in [0.717, 1.165) is 15.7 Å². The second-order valence-electron chi connectivity index (χ2n) is 5.25. The molecule has 0 atom stereocenters. The van der Waals surface area contributed by atoms with Crippen LogP contribution in [0, 0.1) is 0 Å². The monoisotopic (exact) mass is 471 g/mol. The van der Waals surface area contributed by atoms with Gasteiger partial charge >= 0.3 is 0 Å². The number of fused-ring (bicyclic) bond motifs is 1. The molecule has 0 fully saturated rings. The predicted molar refractivity (Wildman–Crippen MR) is 107 cm³/mol. The Morgan fingerprint density at radius 2 is 1.91 bits per heavy atom. The number of rotatable bonds is 3. The fraction of sp³-hybridized carbons (Fsp3) is 0.235. The summed E-state index contributed by atoms with van der Waals surface area (Å²) in [5.41, 5.74) is 11.0. The van der Waals surface area contributed by atoms with Crippen LogP contribution in [-0.4, -0.2) is 5.96 Å². The fourth-order valence-corrected chi connectivity index (χ4v) is 3.04. The number of halogens is 2. The normalized spacial score (nSPS) is 13.4. The summed E-state index contributed by atoms with van der Waals surface area (Å²) in [7, 11) is 0. The van der Waals surface area contributed by atoms with Crippen molar-refractivity contribution in [3.63, 3.8) is 0 Å². The smallest absolute Gasteiger partial charge is 0.193 e. The van der Waals surface area contributed by atoms with Crippen molar-refractivity contribution in [3.8, 4) is 0 Å². The van der Waals surface area contributed by atoms with Gasteiger partial charge in [-0.25, -0.2) is 4.99 Å². The molecule has 0 saturated heterocycles. The molecular weight excluding hydrogens is 453 g/mol. The van der Waals surface area contributed by atoms with Crippen LogP contribution in [-0.2, 0) is 19.4 Å². The van der Waals surface area contributed by atoms with E-state index in [9.17, 15) is 0 Å². The van der Waals surface area contributed by atoms with Gasteiger partial charge in [0, 0.05) is 10.2 Å². The lowest BCUT2D eigenvalue weighted by atomic mass is 10.1. The average molecular weight is 472 g/mol. The Bertz CT molecular complexity index is 685. The average Bonchev–Trinajstić information content (AvgIpc) is 2.94. The van der Waals surface area contributed by atoms with Gasteiger partial charge in [0.25, 0.3) is 0 Å². The van der Waals surface area contributed by atoms with Gasteiger partial charge in [-0.15, -0.1) is 24.0 Å². The maximum atomic E-state index is 5.97. The van der Waals surface area contributed by atoms with Gasteiger partial charge in [-0.3, -0.25) is 0 Å². The maximum Gasteiger partial charge on any atom is 0.193 e. The zero-order valence-electron chi connectivity index (χ0n) is 12.2. The van der Waals surface area contributed by atoms with Crippen LogP contribution in [0.1, 0.15) is 23.1 Å². The minimum absolute atomic E-state index is 0. The third-order valence-corrected chi connectivity index (χ3v) is 4.52. The molecule has 1 aliphatic carbocycles. The Kier molecular flexibility index (Phi) is 6.26. The number of aryl methyl sites for hydroxylation is 2. The van der Waals surface area contributed by atoms with Crippen molar-refractivity contribution in [2.75, 3.05) is 5.32 Å². The summed E-state index contributed by atoms with van der Waals surface area (Å²) in [6, 6.07) is 14.5. The molecule has 0 spiro atoms. The molecule has 0 radical (unpaired) electrons. The second-order valence-corrected chi connectivity index (χ2v) is 6.11. The minimum Gasteiger partial charge on any atom is -0.370 e. The standard InChI is InChI=1S/C17H18BrN3.HI/c18-16-7-2-1-4-14(16)11-20-17(19)21-15-9-8-12-5-3-6-13(12)10-15;/h1-2,4,7-10H,3,5-6,11H2,(H3,19,20,21);1H. The molecule has 5 heteroatoms. The Morgan fingerprint density at radius 3 is 2.73 bits per heavy atom. The highest BCUT2D eigenvalue weighted by atomic mass is 127. The maximum absolute atomic E-state index is 5.97. The Labute approximate surface area is 156 Å². The summed E-state index contributed by atoms with van der Waals surface area (Å²) in [4.78, 5) is 4.40. The van der Waals surface area contributed by atoms with Gasteiger partial charge in [0.15, 0.2) is 5.96 Å². The van der Waals surface area contributed by atoms with Crippen LogP contribution < -0.4 is 11.1 Å². The summed E-state index contributed by atoms with van der Waals surface area (Å²) in [5, 5.41) is 3.17. The largest absolute Gasteiger partial charge is 0.370 e. The number of aliphatic imine (C=N–C) groups is 1. The number of nitrogens with zero attached hydrogens (tertiary/aromatic N) is 1. The molecule has 3 rings (SSSR count). The molecule has 3 N–H and O–H groups in total. The van der Waals surface area contributed by atoms with Crippen LogP contribution in [0.2, 0.25) is 0 Å². The van der Waals surface area contributed by atoms with Crippen LogP contribution >= 0.6 is 39.9 Å². The van der Waals surface area contributed by atoms with Crippen LogP contribution in [0.4, 0.5) is 5.69 Å². The first-order valence-electron chi connectivity index (χ1n) is 7.14. The first-order chi connectivity index (χ1) is 10.2. The molecule has 0 unspecified atom stereocenters. The topological polar surface area (TPSA) is 50.4 Å². The summed E-state index contributed by atoms with van der Waals surface area (Å²) in [6.07, 6.45) is 3.62. The van der Waals surface area contributed by atoms with E-state index in [1.54, 1.807) is 0 Å². The summed E-state index contributed by atoms with van der Waals surface area (Å²) in [6.45, 7) is 0.561. The van der Waals surface area contributed by atoms with E-state index in [-0.39, 0.29) is 24.0 Å². The van der Waals surface area contributed by atoms with Gasteiger partial charge in [0.1, 0.15) is 0 Å². The van der Waals surface area contributed by atoms with Crippen molar-refractivity contribution < 1.29 is 0 Å². The number of guanidine groups is 1. The number of nitrogens with two attached hydrogens (primary N) is 1. The van der Waals surface area contributed by atoms with Crippen LogP contribution in [0.15, 0.2) is 51.9 Å². The third-order valence-electron chi connectivity index (χ3n) is 3.75. The van der Waals surface area contributed by atoms with Gasteiger partial charge < -0.3 is 11.1 Å². The molecule has 2 aromatic carbocycles. The van der Waals surface area contributed by atoms with Crippen molar-refractivity contribution >= 4 is 51.6 Å². The molecule has 0 heterocycles. The van der Waals surface area contributed by atoms with Crippen molar-refractivity contribution in [3.05, 3.63) is 63.6 Å². The molecule has 0 bridgehead atoms. The molecule has 3 nitrogen and oxygen atoms in total. The molecule has 22 heavy (non-hydrogen) atoms. The van der Waals surface area contributed by atoms with Gasteiger partial charge in [-0.2, -0.15) is 0 Å². The Hall–Kier alpha value is -1.08. The van der Waals surface area contributed by atoms with Crippen LogP contribution in [0.5, 0.6) is 0 Å². The van der Waals surface area contributed by atoms with E-state index in [2.05, 4.69) is 44.4 Å². The van der Waals surface area contributed by atoms with Gasteiger partial charge in [-0.1, -0.05) is 40.2 Å². The predicted octanol–water partition coefficient (Wildman–Crippen LogP) is 4.48. The third kappa shape index (κ3) is 4.23. The Morgan fingerprint density at radius 1 is 1.14 bits per heavy atom. The summed E-state index contributed by atoms with van der Waals surface area (Å²) >= 11 is 3.52. The number of anilines is 1. The number of hydrogen-bond donors (Lipinski definition) is 2. The van der Waals surface area contributed by atoms with Crippen molar-refractivity contribution in [1.82, 2.24) is 0 Å². The van der Waals surface area contributed by atoms with Crippen molar-refractivity contribution in [1.29, 1.82) is 0 Å². The fourth-order valence-electron chi connectivity index (χ4n) is 2.63. The van der Waals surface area contributed by atoms with E-state index in [1.807, 2.05) is 24.3 Å². The first-order valence-corrected chi connectivity index (χ1v) is 7.94. The van der Waals surface area contributed by atoms with Crippen molar-refractivity contribution in [2.24, 2.45) is 10.7 Å². The highest BCUT2D eigenvalue weighted by molar-refractivity contribution is 14.0. The number of hydrogen-bond acceptors (Lipinski definition) is 1. The van der Waals surface area contributed by atoms with Gasteiger partial charge in [-0.05, 0) is 54.2 Å². The second kappa shape index (κ2) is 7.97. The lowest BCUT2D eigenvalue weighted by Gasteiger charge is -2.08. The molecule has 116 valence electrons. The van der Waals surface area contributed by atoms with Crippen LogP contribution in [0.3, 0.4) is 0 Å². The zero-order chi connectivity index (χ0) is 14.7. The van der Waals surface area contributed by atoms with E-state index in [4.69, 9.17) is 5.73 Å². The Balaban J connectivity index is 0.00000176. The van der Waals surface area contributed by atoms with Crippen LogP contribution in [0.25, 0.3) is 0 Å². The molecule has 0 aromatic heterocycles. The zero-order valence-corrected chi connectivity index (χ0v) is 16.1. The first kappa shape index (κ1) is 17.3. The lowest BCUT2D eigenvalue weighted by Crippen LogP contribution is -2.22. The SMILES string of the molecule is I.NC(=NCc1ccccc1Br)Nc1ccc2c(c1)CCC2. The molecule has 1 aliphatic rings. The van der Waals surface area contributed by atoms with Gasteiger partial charge in [0.05, 0.1) is 6.54 Å². The summed E-state index contributed by atoms with van der Waals surface area (Å²) < 4.78 is 1.05. The summed E-state index contributed by atoms with van der Waals surface area (Å²) in [5.74, 6) is 0.448. The van der Waals surface area contributed by atoms with E-state index < -0.39 is 0 Å².